The van der Waals surface area contributed by atoms with Gasteiger partial charge in [0.05, 0.1) is 6.04 Å². The molecule has 6 heteroatoms. The number of amides is 3. The van der Waals surface area contributed by atoms with Gasteiger partial charge >= 0.3 is 6.03 Å². The third-order valence-electron chi connectivity index (χ3n) is 4.36. The van der Waals surface area contributed by atoms with Gasteiger partial charge in [-0.05, 0) is 61.4 Å². The highest BCUT2D eigenvalue weighted by molar-refractivity contribution is 5.97. The largest absolute Gasteiger partial charge is 0.333 e. The minimum absolute atomic E-state index is 0.0182. The van der Waals surface area contributed by atoms with Crippen molar-refractivity contribution in [2.75, 3.05) is 16.8 Å². The minimum Gasteiger partial charge on any atom is -0.333 e. The number of hydrogen-bond donors (Lipinski definition) is 2. The SMILES string of the molecule is Cc1ccc(N2C[C@H](NC(=O)Nc3ccc(F)cc3)CC2=O)cc1C. The second-order valence-electron chi connectivity index (χ2n) is 6.28. The third kappa shape index (κ3) is 3.96. The molecule has 1 fully saturated rings. The van der Waals surface area contributed by atoms with Crippen LogP contribution in [0.3, 0.4) is 0 Å². The first kappa shape index (κ1) is 17.0. The van der Waals surface area contributed by atoms with Crippen molar-refractivity contribution in [3.05, 3.63) is 59.4 Å². The van der Waals surface area contributed by atoms with Crippen LogP contribution in [0.2, 0.25) is 0 Å². The van der Waals surface area contributed by atoms with Crippen LogP contribution in [0.1, 0.15) is 17.5 Å². The predicted octanol–water partition coefficient (Wildman–Crippen LogP) is 3.37. The molecule has 0 aliphatic carbocycles. The van der Waals surface area contributed by atoms with Gasteiger partial charge in [-0.2, -0.15) is 0 Å². The van der Waals surface area contributed by atoms with Gasteiger partial charge in [0.2, 0.25) is 5.91 Å². The lowest BCUT2D eigenvalue weighted by Gasteiger charge is -2.18. The van der Waals surface area contributed by atoms with E-state index in [2.05, 4.69) is 10.6 Å². The van der Waals surface area contributed by atoms with Crippen LogP contribution in [0.15, 0.2) is 42.5 Å². The molecule has 2 aromatic rings. The van der Waals surface area contributed by atoms with E-state index >= 15 is 0 Å². The summed E-state index contributed by atoms with van der Waals surface area (Å²) in [5.41, 5.74) is 3.63. The molecule has 130 valence electrons. The normalized spacial score (nSPS) is 16.8. The molecule has 1 aliphatic heterocycles. The highest BCUT2D eigenvalue weighted by atomic mass is 19.1. The summed E-state index contributed by atoms with van der Waals surface area (Å²) < 4.78 is 12.9. The Morgan fingerprint density at radius 2 is 1.84 bits per heavy atom. The van der Waals surface area contributed by atoms with Gasteiger partial charge in [-0.15, -0.1) is 0 Å². The van der Waals surface area contributed by atoms with Gasteiger partial charge in [0.15, 0.2) is 0 Å². The number of rotatable bonds is 3. The zero-order valence-electron chi connectivity index (χ0n) is 14.2. The van der Waals surface area contributed by atoms with Crippen molar-refractivity contribution in [1.82, 2.24) is 5.32 Å². The fourth-order valence-electron chi connectivity index (χ4n) is 2.83. The summed E-state index contributed by atoms with van der Waals surface area (Å²) in [5, 5.41) is 5.43. The summed E-state index contributed by atoms with van der Waals surface area (Å²) in [6.07, 6.45) is 0.254. The molecule has 0 bridgehead atoms. The first-order valence-corrected chi connectivity index (χ1v) is 8.13. The Morgan fingerprint density at radius 1 is 1.12 bits per heavy atom. The van der Waals surface area contributed by atoms with Crippen LogP contribution in [-0.4, -0.2) is 24.5 Å². The maximum atomic E-state index is 12.9. The molecule has 0 saturated carbocycles. The van der Waals surface area contributed by atoms with Gasteiger partial charge in [0, 0.05) is 24.3 Å². The summed E-state index contributed by atoms with van der Waals surface area (Å²) >= 11 is 0. The van der Waals surface area contributed by atoms with Gasteiger partial charge in [-0.1, -0.05) is 6.07 Å². The van der Waals surface area contributed by atoms with Crippen LogP contribution in [0.5, 0.6) is 0 Å². The van der Waals surface area contributed by atoms with E-state index < -0.39 is 6.03 Å². The number of benzene rings is 2. The molecule has 25 heavy (non-hydrogen) atoms. The topological polar surface area (TPSA) is 61.4 Å². The molecule has 1 saturated heterocycles. The summed E-state index contributed by atoms with van der Waals surface area (Å²) in [6, 6.07) is 10.7. The summed E-state index contributed by atoms with van der Waals surface area (Å²) in [5.74, 6) is -0.383. The number of hydrogen-bond acceptors (Lipinski definition) is 2. The van der Waals surface area contributed by atoms with Gasteiger partial charge in [-0.25, -0.2) is 9.18 Å². The van der Waals surface area contributed by atoms with E-state index in [0.717, 1.165) is 11.3 Å². The van der Waals surface area contributed by atoms with Crippen molar-refractivity contribution < 1.29 is 14.0 Å². The van der Waals surface area contributed by atoms with Crippen LogP contribution < -0.4 is 15.5 Å². The van der Waals surface area contributed by atoms with Gasteiger partial charge in [-0.3, -0.25) is 4.79 Å². The number of carbonyl (C=O) groups is 2. The highest BCUT2D eigenvalue weighted by Crippen LogP contribution is 2.24. The fraction of sp³-hybridized carbons (Fsp3) is 0.263. The van der Waals surface area contributed by atoms with E-state index in [9.17, 15) is 14.0 Å². The molecule has 0 aromatic heterocycles. The monoisotopic (exact) mass is 341 g/mol. The molecule has 3 amide bonds. The Bertz CT molecular complexity index is 805. The molecule has 0 unspecified atom stereocenters. The van der Waals surface area contributed by atoms with Crippen molar-refractivity contribution in [3.8, 4) is 0 Å². The molecule has 2 aromatic carbocycles. The number of carbonyl (C=O) groups excluding carboxylic acids is 2. The van der Waals surface area contributed by atoms with E-state index in [-0.39, 0.29) is 24.2 Å². The zero-order chi connectivity index (χ0) is 18.0. The molecule has 3 rings (SSSR count). The number of halogens is 1. The molecule has 0 radical (unpaired) electrons. The molecular weight excluding hydrogens is 321 g/mol. The second kappa shape index (κ2) is 6.93. The van der Waals surface area contributed by atoms with Crippen LogP contribution >= 0.6 is 0 Å². The molecule has 2 N–H and O–H groups in total. The summed E-state index contributed by atoms with van der Waals surface area (Å²) in [4.78, 5) is 26.0. The maximum Gasteiger partial charge on any atom is 0.319 e. The van der Waals surface area contributed by atoms with Crippen molar-refractivity contribution in [3.63, 3.8) is 0 Å². The third-order valence-corrected chi connectivity index (χ3v) is 4.36. The first-order chi connectivity index (χ1) is 11.9. The quantitative estimate of drug-likeness (QED) is 0.899. The number of nitrogens with one attached hydrogen (secondary N) is 2. The summed E-state index contributed by atoms with van der Waals surface area (Å²) in [7, 11) is 0. The first-order valence-electron chi connectivity index (χ1n) is 8.13. The zero-order valence-corrected chi connectivity index (χ0v) is 14.2. The second-order valence-corrected chi connectivity index (χ2v) is 6.28. The van der Waals surface area contributed by atoms with Crippen LogP contribution in [-0.2, 0) is 4.79 Å². The average Bonchev–Trinajstić information content (AvgIpc) is 2.92. The lowest BCUT2D eigenvalue weighted by atomic mass is 10.1. The Kier molecular flexibility index (Phi) is 4.70. The lowest BCUT2D eigenvalue weighted by Crippen LogP contribution is -2.39. The Hall–Kier alpha value is -2.89. The Balaban J connectivity index is 1.61. The minimum atomic E-state index is -0.411. The Labute approximate surface area is 145 Å². The average molecular weight is 341 g/mol. The number of anilines is 2. The van der Waals surface area contributed by atoms with Crippen LogP contribution in [0.25, 0.3) is 0 Å². The number of urea groups is 1. The number of nitrogens with zero attached hydrogens (tertiary/aromatic N) is 1. The van der Waals surface area contributed by atoms with Crippen molar-refractivity contribution >= 4 is 23.3 Å². The van der Waals surface area contributed by atoms with Crippen LogP contribution in [0, 0.1) is 19.7 Å². The lowest BCUT2D eigenvalue weighted by molar-refractivity contribution is -0.117. The smallest absolute Gasteiger partial charge is 0.319 e. The molecule has 1 atom stereocenters. The molecule has 5 nitrogen and oxygen atoms in total. The van der Waals surface area contributed by atoms with Crippen molar-refractivity contribution in [2.24, 2.45) is 0 Å². The summed E-state index contributed by atoms with van der Waals surface area (Å²) in [6.45, 7) is 4.46. The molecule has 0 spiro atoms. The van der Waals surface area contributed by atoms with E-state index in [1.807, 2.05) is 32.0 Å². The molecule has 1 aliphatic rings. The van der Waals surface area contributed by atoms with Crippen molar-refractivity contribution in [2.45, 2.75) is 26.3 Å². The van der Waals surface area contributed by atoms with Crippen molar-refractivity contribution in [1.29, 1.82) is 0 Å². The molecule has 1 heterocycles. The van der Waals surface area contributed by atoms with Gasteiger partial charge in [0.25, 0.3) is 0 Å². The predicted molar refractivity (Wildman–Crippen MR) is 95.2 cm³/mol. The maximum absolute atomic E-state index is 12.9. The van der Waals surface area contributed by atoms with E-state index in [1.165, 1.54) is 29.8 Å². The van der Waals surface area contributed by atoms with E-state index in [0.29, 0.717) is 12.2 Å². The van der Waals surface area contributed by atoms with Crippen LogP contribution in [0.4, 0.5) is 20.6 Å². The fourth-order valence-corrected chi connectivity index (χ4v) is 2.83. The van der Waals surface area contributed by atoms with Gasteiger partial charge < -0.3 is 15.5 Å². The van der Waals surface area contributed by atoms with Gasteiger partial charge in [0.1, 0.15) is 5.82 Å². The van der Waals surface area contributed by atoms with E-state index in [1.54, 1.807) is 4.90 Å². The standard InChI is InChI=1S/C19H20FN3O2/c1-12-3-8-17(9-13(12)2)23-11-16(10-18(23)24)22-19(25)21-15-6-4-14(20)5-7-15/h3-9,16H,10-11H2,1-2H3,(H2,21,22,25)/t16-/m1/s1. The number of aryl methyl sites for hydroxylation is 2. The highest BCUT2D eigenvalue weighted by Gasteiger charge is 2.31. The Morgan fingerprint density at radius 3 is 2.52 bits per heavy atom. The molecular formula is C19H20FN3O2. The van der Waals surface area contributed by atoms with E-state index in [4.69, 9.17) is 0 Å².